The molecule has 1 aliphatic rings. The molecule has 0 radical (unpaired) electrons. The van der Waals surface area contributed by atoms with Gasteiger partial charge in [-0.3, -0.25) is 4.99 Å². The molecule has 0 atom stereocenters. The first-order valence-electron chi connectivity index (χ1n) is 5.01. The van der Waals surface area contributed by atoms with E-state index in [9.17, 15) is 10.2 Å². The maximum Gasteiger partial charge on any atom is 0.158 e. The lowest BCUT2D eigenvalue weighted by Crippen LogP contribution is -2.16. The predicted molar refractivity (Wildman–Crippen MR) is 58.6 cm³/mol. The highest BCUT2D eigenvalue weighted by Gasteiger charge is 2.16. The summed E-state index contributed by atoms with van der Waals surface area (Å²) in [5, 5.41) is 18.8. The van der Waals surface area contributed by atoms with E-state index in [0.29, 0.717) is 13.0 Å². The molecule has 1 aliphatic heterocycles. The van der Waals surface area contributed by atoms with Gasteiger partial charge in [0.05, 0.1) is 0 Å². The molecule has 0 unspecified atom stereocenters. The highest BCUT2D eigenvalue weighted by atomic mass is 16.3. The Labute approximate surface area is 88.1 Å². The molecule has 0 saturated carbocycles. The molecular formula is C11H14N2O2. The van der Waals surface area contributed by atoms with Crippen LogP contribution in [0, 0.1) is 0 Å². The number of hydrogen-bond donors (Lipinski definition) is 3. The van der Waals surface area contributed by atoms with Crippen LogP contribution in [0.25, 0.3) is 0 Å². The summed E-state index contributed by atoms with van der Waals surface area (Å²) in [6.07, 6.45) is 1.51. The van der Waals surface area contributed by atoms with Gasteiger partial charge in [-0.2, -0.15) is 0 Å². The minimum Gasteiger partial charge on any atom is -0.504 e. The van der Waals surface area contributed by atoms with Crippen LogP contribution in [0.5, 0.6) is 11.5 Å². The van der Waals surface area contributed by atoms with Crippen molar-refractivity contribution in [3.8, 4) is 11.5 Å². The molecule has 4 heteroatoms. The van der Waals surface area contributed by atoms with Crippen LogP contribution in [0.15, 0.2) is 17.1 Å². The van der Waals surface area contributed by atoms with Crippen molar-refractivity contribution in [2.24, 2.45) is 10.7 Å². The molecule has 0 bridgehead atoms. The first kappa shape index (κ1) is 9.98. The number of nitrogens with zero attached hydrogens (tertiary/aromatic N) is 1. The van der Waals surface area contributed by atoms with Crippen LogP contribution in [-0.2, 0) is 6.42 Å². The normalized spacial score (nSPS) is 14.6. The third-order valence-corrected chi connectivity index (χ3v) is 2.58. The Morgan fingerprint density at radius 3 is 2.73 bits per heavy atom. The Bertz CT molecular complexity index is 413. The minimum absolute atomic E-state index is 0.0669. The molecule has 1 aromatic carbocycles. The number of benzene rings is 1. The van der Waals surface area contributed by atoms with Crippen LogP contribution in [0.1, 0.15) is 17.5 Å². The Hall–Kier alpha value is -1.55. The van der Waals surface area contributed by atoms with Crippen molar-refractivity contribution in [3.63, 3.8) is 0 Å². The van der Waals surface area contributed by atoms with Gasteiger partial charge in [0.1, 0.15) is 0 Å². The fourth-order valence-corrected chi connectivity index (χ4v) is 1.84. The third-order valence-electron chi connectivity index (χ3n) is 2.58. The first-order chi connectivity index (χ1) is 7.22. The first-order valence-corrected chi connectivity index (χ1v) is 5.01. The number of nitrogens with two attached hydrogens (primary N) is 1. The lowest BCUT2D eigenvalue weighted by Gasteiger charge is -2.17. The standard InChI is InChI=1S/C11H14N2O2/c12-3-1-9-8-6-11(15)10(14)5-7(8)2-4-13-9/h5-6,14-15H,1-4,12H2. The van der Waals surface area contributed by atoms with Crippen molar-refractivity contribution in [2.75, 3.05) is 13.1 Å². The van der Waals surface area contributed by atoms with Crippen LogP contribution in [0.2, 0.25) is 0 Å². The number of phenolic OH excluding ortho intramolecular Hbond substituents is 2. The second-order valence-corrected chi connectivity index (χ2v) is 3.62. The van der Waals surface area contributed by atoms with Gasteiger partial charge in [-0.15, -0.1) is 0 Å². The van der Waals surface area contributed by atoms with E-state index in [-0.39, 0.29) is 11.5 Å². The molecule has 0 fully saturated rings. The monoisotopic (exact) mass is 206 g/mol. The number of hydrogen-bond acceptors (Lipinski definition) is 4. The number of aliphatic imine (C=N–C) groups is 1. The second kappa shape index (κ2) is 3.90. The van der Waals surface area contributed by atoms with Crippen LogP contribution >= 0.6 is 0 Å². The predicted octanol–water partition coefficient (Wildman–Crippen LogP) is 0.792. The quantitative estimate of drug-likeness (QED) is 0.626. The highest BCUT2D eigenvalue weighted by Crippen LogP contribution is 2.30. The number of aromatic hydroxyl groups is 2. The summed E-state index contributed by atoms with van der Waals surface area (Å²) in [7, 11) is 0. The summed E-state index contributed by atoms with van der Waals surface area (Å²) in [6, 6.07) is 3.17. The lowest BCUT2D eigenvalue weighted by atomic mass is 9.95. The van der Waals surface area contributed by atoms with E-state index in [4.69, 9.17) is 5.73 Å². The topological polar surface area (TPSA) is 78.8 Å². The zero-order valence-corrected chi connectivity index (χ0v) is 8.40. The molecular weight excluding hydrogens is 192 g/mol. The number of phenols is 2. The van der Waals surface area contributed by atoms with Crippen LogP contribution in [0.4, 0.5) is 0 Å². The summed E-state index contributed by atoms with van der Waals surface area (Å²) < 4.78 is 0. The van der Waals surface area contributed by atoms with Crippen molar-refractivity contribution < 1.29 is 10.2 Å². The Balaban J connectivity index is 2.45. The molecule has 80 valence electrons. The molecule has 1 heterocycles. The van der Waals surface area contributed by atoms with Gasteiger partial charge < -0.3 is 15.9 Å². The summed E-state index contributed by atoms with van der Waals surface area (Å²) in [5.41, 5.74) is 8.37. The summed E-state index contributed by atoms with van der Waals surface area (Å²) in [5.74, 6) is -0.164. The third kappa shape index (κ3) is 1.80. The van der Waals surface area contributed by atoms with Crippen LogP contribution in [-0.4, -0.2) is 29.0 Å². The fraction of sp³-hybridized carbons (Fsp3) is 0.364. The average Bonchev–Trinajstić information content (AvgIpc) is 2.21. The van der Waals surface area contributed by atoms with E-state index >= 15 is 0 Å². The van der Waals surface area contributed by atoms with E-state index in [1.807, 2.05) is 0 Å². The van der Waals surface area contributed by atoms with E-state index in [0.717, 1.165) is 29.8 Å². The largest absolute Gasteiger partial charge is 0.504 e. The van der Waals surface area contributed by atoms with Crippen molar-refractivity contribution in [1.29, 1.82) is 0 Å². The molecule has 15 heavy (non-hydrogen) atoms. The maximum absolute atomic E-state index is 9.43. The molecule has 0 amide bonds. The van der Waals surface area contributed by atoms with Crippen molar-refractivity contribution >= 4 is 5.71 Å². The van der Waals surface area contributed by atoms with E-state index < -0.39 is 0 Å². The van der Waals surface area contributed by atoms with Gasteiger partial charge in [0.25, 0.3) is 0 Å². The smallest absolute Gasteiger partial charge is 0.158 e. The van der Waals surface area contributed by atoms with Crippen LogP contribution < -0.4 is 5.73 Å². The van der Waals surface area contributed by atoms with Gasteiger partial charge in [0.15, 0.2) is 11.5 Å². The van der Waals surface area contributed by atoms with Gasteiger partial charge in [0, 0.05) is 24.2 Å². The Morgan fingerprint density at radius 2 is 2.00 bits per heavy atom. The zero-order chi connectivity index (χ0) is 10.8. The highest BCUT2D eigenvalue weighted by molar-refractivity contribution is 6.03. The van der Waals surface area contributed by atoms with Gasteiger partial charge in [-0.1, -0.05) is 0 Å². The lowest BCUT2D eigenvalue weighted by molar-refractivity contribution is 0.403. The van der Waals surface area contributed by atoms with E-state index in [2.05, 4.69) is 4.99 Å². The van der Waals surface area contributed by atoms with Gasteiger partial charge in [-0.25, -0.2) is 0 Å². The SMILES string of the molecule is NCCC1=NCCc2cc(O)c(O)cc21. The molecule has 0 saturated heterocycles. The Kier molecular flexibility index (Phi) is 2.60. The molecule has 1 aromatic rings. The second-order valence-electron chi connectivity index (χ2n) is 3.62. The minimum atomic E-state index is -0.0969. The van der Waals surface area contributed by atoms with E-state index in [1.54, 1.807) is 12.1 Å². The summed E-state index contributed by atoms with van der Waals surface area (Å²) in [6.45, 7) is 1.27. The van der Waals surface area contributed by atoms with Gasteiger partial charge in [-0.05, 0) is 30.7 Å². The zero-order valence-electron chi connectivity index (χ0n) is 8.40. The molecule has 2 rings (SSSR count). The maximum atomic E-state index is 9.43. The van der Waals surface area contributed by atoms with Crippen LogP contribution in [0.3, 0.4) is 0 Å². The van der Waals surface area contributed by atoms with Gasteiger partial charge >= 0.3 is 0 Å². The van der Waals surface area contributed by atoms with Crippen molar-refractivity contribution in [2.45, 2.75) is 12.8 Å². The summed E-state index contributed by atoms with van der Waals surface area (Å²) in [4.78, 5) is 4.38. The molecule has 0 spiro atoms. The molecule has 4 N–H and O–H groups in total. The van der Waals surface area contributed by atoms with Gasteiger partial charge in [0.2, 0.25) is 0 Å². The molecule has 0 aromatic heterocycles. The molecule has 0 aliphatic carbocycles. The van der Waals surface area contributed by atoms with Crippen molar-refractivity contribution in [3.05, 3.63) is 23.3 Å². The Morgan fingerprint density at radius 1 is 1.27 bits per heavy atom. The number of fused-ring (bicyclic) bond motifs is 1. The van der Waals surface area contributed by atoms with Crippen molar-refractivity contribution in [1.82, 2.24) is 0 Å². The van der Waals surface area contributed by atoms with E-state index in [1.165, 1.54) is 0 Å². The summed E-state index contributed by atoms with van der Waals surface area (Å²) >= 11 is 0. The average molecular weight is 206 g/mol. The molecule has 4 nitrogen and oxygen atoms in total. The fourth-order valence-electron chi connectivity index (χ4n) is 1.84. The number of rotatable bonds is 2.